The van der Waals surface area contributed by atoms with E-state index < -0.39 is 0 Å². The van der Waals surface area contributed by atoms with Gasteiger partial charge in [0.15, 0.2) is 11.0 Å². The van der Waals surface area contributed by atoms with Crippen LogP contribution in [-0.2, 0) is 0 Å². The van der Waals surface area contributed by atoms with E-state index in [1.54, 1.807) is 7.11 Å². The Morgan fingerprint density at radius 2 is 1.90 bits per heavy atom. The largest absolute Gasteiger partial charge is 0.495 e. The van der Waals surface area contributed by atoms with E-state index in [0.29, 0.717) is 33.1 Å². The Hall–Kier alpha value is -1.80. The molecule has 0 atom stereocenters. The molecule has 1 aromatic carbocycles. The molecule has 0 aliphatic carbocycles. The van der Waals surface area contributed by atoms with E-state index in [9.17, 15) is 0 Å². The number of rotatable bonds is 5. The SMILES string of the molecule is COc1cc(C)c(Cl)c(-c2cc3cnc(SC)nc3c(N3CC(N(C)C)C3)n2)c1Cl. The molecule has 3 heterocycles. The maximum Gasteiger partial charge on any atom is 0.187 e. The number of likely N-dealkylation sites (N-methyl/N-ethyl adjacent to an activating group) is 1. The van der Waals surface area contributed by atoms with Crippen molar-refractivity contribution >= 4 is 51.7 Å². The number of fused-ring (bicyclic) bond motifs is 1. The van der Waals surface area contributed by atoms with Crippen molar-refractivity contribution in [2.45, 2.75) is 18.1 Å². The van der Waals surface area contributed by atoms with Crippen LogP contribution >= 0.6 is 35.0 Å². The first kappa shape index (κ1) is 21.4. The lowest BCUT2D eigenvalue weighted by Crippen LogP contribution is -2.57. The normalized spacial score (nSPS) is 14.5. The van der Waals surface area contributed by atoms with Crippen molar-refractivity contribution in [2.24, 2.45) is 0 Å². The van der Waals surface area contributed by atoms with E-state index in [4.69, 9.17) is 37.9 Å². The van der Waals surface area contributed by atoms with E-state index in [1.165, 1.54) is 11.8 Å². The lowest BCUT2D eigenvalue weighted by Gasteiger charge is -2.43. The van der Waals surface area contributed by atoms with E-state index in [-0.39, 0.29) is 0 Å². The number of hydrogen-bond acceptors (Lipinski definition) is 7. The third-order valence-electron chi connectivity index (χ3n) is 5.43. The second-order valence-electron chi connectivity index (χ2n) is 7.55. The molecule has 1 aliphatic rings. The smallest absolute Gasteiger partial charge is 0.187 e. The Kier molecular flexibility index (Phi) is 5.99. The summed E-state index contributed by atoms with van der Waals surface area (Å²) >= 11 is 14.8. The van der Waals surface area contributed by atoms with Gasteiger partial charge in [0, 0.05) is 36.3 Å². The number of nitrogens with zero attached hydrogens (tertiary/aromatic N) is 5. The number of anilines is 1. The van der Waals surface area contributed by atoms with Crippen LogP contribution in [0.15, 0.2) is 23.5 Å². The number of aromatic nitrogens is 3. The first-order valence-electron chi connectivity index (χ1n) is 9.50. The monoisotopic (exact) mass is 463 g/mol. The van der Waals surface area contributed by atoms with E-state index in [2.05, 4.69) is 28.9 Å². The molecule has 0 N–H and O–H groups in total. The summed E-state index contributed by atoms with van der Waals surface area (Å²) < 4.78 is 5.45. The molecule has 0 amide bonds. The fourth-order valence-corrected chi connectivity index (χ4v) is 4.48. The predicted molar refractivity (Wildman–Crippen MR) is 126 cm³/mol. The average Bonchev–Trinajstić information content (AvgIpc) is 2.69. The molecule has 1 saturated heterocycles. The minimum atomic E-state index is 0.447. The molecule has 1 fully saturated rings. The summed E-state index contributed by atoms with van der Waals surface area (Å²) in [5, 5.41) is 2.63. The molecular weight excluding hydrogens is 441 g/mol. The van der Waals surface area contributed by atoms with Gasteiger partial charge in [0.05, 0.1) is 22.8 Å². The number of benzene rings is 1. The van der Waals surface area contributed by atoms with Gasteiger partial charge in [-0.05, 0) is 45.0 Å². The number of thioether (sulfide) groups is 1. The maximum atomic E-state index is 6.67. The molecule has 0 spiro atoms. The van der Waals surface area contributed by atoms with Gasteiger partial charge in [0.1, 0.15) is 11.3 Å². The van der Waals surface area contributed by atoms with E-state index >= 15 is 0 Å². The highest BCUT2D eigenvalue weighted by atomic mass is 35.5. The number of pyridine rings is 1. The number of ether oxygens (including phenoxy) is 1. The topological polar surface area (TPSA) is 54.4 Å². The first-order chi connectivity index (χ1) is 14.3. The highest BCUT2D eigenvalue weighted by molar-refractivity contribution is 7.98. The highest BCUT2D eigenvalue weighted by Gasteiger charge is 2.31. The standard InChI is InChI=1S/C21H23Cl2N5OS/c1-11-6-15(29-4)18(23)16(17(11)22)14-7-12-8-24-21(30-5)26-19(12)20(25-14)28-9-13(10-28)27(2)3/h6-8,13H,9-10H2,1-5H3. The quantitative estimate of drug-likeness (QED) is 0.398. The third kappa shape index (κ3) is 3.68. The number of halogens is 2. The summed E-state index contributed by atoms with van der Waals surface area (Å²) in [4.78, 5) is 18.6. The molecule has 4 rings (SSSR count). The zero-order chi connectivity index (χ0) is 21.6. The van der Waals surface area contributed by atoms with Crippen LogP contribution in [0.5, 0.6) is 5.75 Å². The van der Waals surface area contributed by atoms with Gasteiger partial charge in [-0.1, -0.05) is 35.0 Å². The molecule has 30 heavy (non-hydrogen) atoms. The van der Waals surface area contributed by atoms with Crippen molar-refractivity contribution in [3.8, 4) is 17.0 Å². The zero-order valence-electron chi connectivity index (χ0n) is 17.5. The van der Waals surface area contributed by atoms with Gasteiger partial charge in [0.2, 0.25) is 0 Å². The zero-order valence-corrected chi connectivity index (χ0v) is 19.9. The molecule has 2 aromatic heterocycles. The van der Waals surface area contributed by atoms with Gasteiger partial charge in [-0.3, -0.25) is 0 Å². The molecule has 9 heteroatoms. The molecule has 158 valence electrons. The number of aryl methyl sites for hydroxylation is 1. The fraction of sp³-hybridized carbons (Fsp3) is 0.381. The lowest BCUT2D eigenvalue weighted by atomic mass is 10.0. The van der Waals surface area contributed by atoms with Crippen molar-refractivity contribution < 1.29 is 4.74 Å². The minimum Gasteiger partial charge on any atom is -0.495 e. The Morgan fingerprint density at radius 3 is 2.53 bits per heavy atom. The maximum absolute atomic E-state index is 6.67. The Labute approximate surface area is 190 Å². The second kappa shape index (κ2) is 8.38. The summed E-state index contributed by atoms with van der Waals surface area (Å²) in [6.45, 7) is 3.70. The molecule has 6 nitrogen and oxygen atoms in total. The Balaban J connectivity index is 1.92. The lowest BCUT2D eigenvalue weighted by molar-refractivity contribution is 0.246. The summed E-state index contributed by atoms with van der Waals surface area (Å²) in [6, 6.07) is 4.26. The van der Waals surface area contributed by atoms with Crippen LogP contribution in [0.25, 0.3) is 22.2 Å². The molecular formula is C21H23Cl2N5OS. The molecule has 0 saturated carbocycles. The van der Waals surface area contributed by atoms with Crippen LogP contribution in [0.4, 0.5) is 5.82 Å². The summed E-state index contributed by atoms with van der Waals surface area (Å²) in [5.74, 6) is 1.40. The van der Waals surface area contributed by atoms with Crippen LogP contribution < -0.4 is 9.64 Å². The first-order valence-corrected chi connectivity index (χ1v) is 11.5. The van der Waals surface area contributed by atoms with Gasteiger partial charge >= 0.3 is 0 Å². The van der Waals surface area contributed by atoms with Crippen molar-refractivity contribution in [3.05, 3.63) is 33.9 Å². The van der Waals surface area contributed by atoms with Crippen LogP contribution in [-0.4, -0.2) is 66.4 Å². The summed E-state index contributed by atoms with van der Waals surface area (Å²) in [5.41, 5.74) is 3.06. The molecule has 0 bridgehead atoms. The predicted octanol–water partition coefficient (Wildman–Crippen LogP) is 4.79. The summed E-state index contributed by atoms with van der Waals surface area (Å²) in [7, 11) is 5.78. The Morgan fingerprint density at radius 1 is 1.17 bits per heavy atom. The van der Waals surface area contributed by atoms with Gasteiger partial charge < -0.3 is 14.5 Å². The van der Waals surface area contributed by atoms with E-state index in [1.807, 2.05) is 31.5 Å². The second-order valence-corrected chi connectivity index (χ2v) is 9.08. The van der Waals surface area contributed by atoms with Crippen LogP contribution in [0.3, 0.4) is 0 Å². The molecule has 1 aliphatic heterocycles. The molecule has 0 radical (unpaired) electrons. The Bertz CT molecular complexity index is 1120. The van der Waals surface area contributed by atoms with Gasteiger partial charge in [-0.2, -0.15) is 0 Å². The van der Waals surface area contributed by atoms with Gasteiger partial charge in [-0.25, -0.2) is 15.0 Å². The van der Waals surface area contributed by atoms with Gasteiger partial charge in [0.25, 0.3) is 0 Å². The van der Waals surface area contributed by atoms with Crippen LogP contribution in [0.1, 0.15) is 5.56 Å². The van der Waals surface area contributed by atoms with E-state index in [0.717, 1.165) is 40.5 Å². The van der Waals surface area contributed by atoms with Crippen molar-refractivity contribution in [2.75, 3.05) is 45.5 Å². The minimum absolute atomic E-state index is 0.447. The van der Waals surface area contributed by atoms with Crippen molar-refractivity contribution in [1.29, 1.82) is 0 Å². The molecule has 3 aromatic rings. The summed E-state index contributed by atoms with van der Waals surface area (Å²) in [6.07, 6.45) is 3.80. The number of methoxy groups -OCH3 is 1. The van der Waals surface area contributed by atoms with Crippen LogP contribution in [0.2, 0.25) is 10.0 Å². The molecule has 0 unspecified atom stereocenters. The van der Waals surface area contributed by atoms with Crippen molar-refractivity contribution in [3.63, 3.8) is 0 Å². The van der Waals surface area contributed by atoms with Crippen LogP contribution in [0, 0.1) is 6.92 Å². The third-order valence-corrected chi connectivity index (χ3v) is 6.85. The average molecular weight is 464 g/mol. The van der Waals surface area contributed by atoms with Crippen molar-refractivity contribution in [1.82, 2.24) is 19.9 Å². The number of hydrogen-bond donors (Lipinski definition) is 0. The van der Waals surface area contributed by atoms with Gasteiger partial charge in [-0.15, -0.1) is 0 Å². The highest BCUT2D eigenvalue weighted by Crippen LogP contribution is 2.43. The fourth-order valence-electron chi connectivity index (χ4n) is 3.52.